The quantitative estimate of drug-likeness (QED) is 0.756. The van der Waals surface area contributed by atoms with Crippen LogP contribution in [0, 0.1) is 6.92 Å². The fraction of sp³-hybridized carbons (Fsp3) is 0.176. The summed E-state index contributed by atoms with van der Waals surface area (Å²) in [7, 11) is 0. The predicted molar refractivity (Wildman–Crippen MR) is 92.8 cm³/mol. The van der Waals surface area contributed by atoms with E-state index >= 15 is 0 Å². The minimum absolute atomic E-state index is 0.199. The van der Waals surface area contributed by atoms with Gasteiger partial charge in [0, 0.05) is 11.4 Å². The van der Waals surface area contributed by atoms with E-state index in [4.69, 9.17) is 16.6 Å². The van der Waals surface area contributed by atoms with Crippen LogP contribution >= 0.6 is 12.2 Å². The molecule has 3 N–H and O–H groups in total. The van der Waals surface area contributed by atoms with Crippen molar-refractivity contribution in [1.29, 1.82) is 0 Å². The van der Waals surface area contributed by atoms with E-state index in [2.05, 4.69) is 16.0 Å². The zero-order valence-electron chi connectivity index (χ0n) is 12.8. The van der Waals surface area contributed by atoms with Gasteiger partial charge < -0.3 is 20.4 Å². The molecule has 1 aliphatic heterocycles. The molecule has 2 aromatic rings. The highest BCUT2D eigenvalue weighted by Gasteiger charge is 2.31. The van der Waals surface area contributed by atoms with Crippen molar-refractivity contribution < 1.29 is 9.21 Å². The molecule has 0 aliphatic carbocycles. The molecule has 1 aromatic heterocycles. The number of carbonyl (C=O) groups excluding carboxylic acids is 1. The fourth-order valence-corrected chi connectivity index (χ4v) is 2.81. The van der Waals surface area contributed by atoms with Crippen LogP contribution in [0.1, 0.15) is 24.5 Å². The SMILES string of the molecule is CC1=C(C(=O)Nc2ccccc2)[C@H](c2ccc(C)o2)NC(=S)N1. The highest BCUT2D eigenvalue weighted by molar-refractivity contribution is 7.80. The number of hydrogen-bond acceptors (Lipinski definition) is 3. The second kappa shape index (κ2) is 6.26. The van der Waals surface area contributed by atoms with E-state index in [1.165, 1.54) is 0 Å². The number of rotatable bonds is 3. The molecule has 0 radical (unpaired) electrons. The van der Waals surface area contributed by atoms with E-state index in [0.29, 0.717) is 22.1 Å². The van der Waals surface area contributed by atoms with Crippen LogP contribution in [0.4, 0.5) is 5.69 Å². The summed E-state index contributed by atoms with van der Waals surface area (Å²) in [5.74, 6) is 1.24. The van der Waals surface area contributed by atoms with Gasteiger partial charge in [-0.05, 0) is 50.3 Å². The summed E-state index contributed by atoms with van der Waals surface area (Å²) < 4.78 is 5.69. The van der Waals surface area contributed by atoms with Crippen LogP contribution in [-0.2, 0) is 4.79 Å². The van der Waals surface area contributed by atoms with Crippen molar-refractivity contribution in [1.82, 2.24) is 10.6 Å². The van der Waals surface area contributed by atoms with Crippen molar-refractivity contribution in [2.75, 3.05) is 5.32 Å². The van der Waals surface area contributed by atoms with Crippen LogP contribution in [0.15, 0.2) is 58.2 Å². The van der Waals surface area contributed by atoms with Crippen molar-refractivity contribution in [3.8, 4) is 0 Å². The Morgan fingerprint density at radius 3 is 2.57 bits per heavy atom. The molecule has 0 unspecified atom stereocenters. The van der Waals surface area contributed by atoms with Crippen molar-refractivity contribution >= 4 is 28.9 Å². The van der Waals surface area contributed by atoms with Crippen molar-refractivity contribution in [2.45, 2.75) is 19.9 Å². The number of aryl methyl sites for hydroxylation is 1. The smallest absolute Gasteiger partial charge is 0.255 e. The van der Waals surface area contributed by atoms with Gasteiger partial charge in [-0.3, -0.25) is 4.79 Å². The number of amides is 1. The molecule has 1 aromatic carbocycles. The Hall–Kier alpha value is -2.60. The third kappa shape index (κ3) is 3.27. The maximum atomic E-state index is 12.7. The van der Waals surface area contributed by atoms with Gasteiger partial charge in [0.05, 0.1) is 5.57 Å². The van der Waals surface area contributed by atoms with Gasteiger partial charge in [-0.25, -0.2) is 0 Å². The fourth-order valence-electron chi connectivity index (χ4n) is 2.54. The van der Waals surface area contributed by atoms with Crippen LogP contribution in [0.3, 0.4) is 0 Å². The molecular weight excluding hydrogens is 310 g/mol. The predicted octanol–water partition coefficient (Wildman–Crippen LogP) is 3.02. The lowest BCUT2D eigenvalue weighted by Crippen LogP contribution is -2.45. The first-order valence-electron chi connectivity index (χ1n) is 7.25. The van der Waals surface area contributed by atoms with E-state index < -0.39 is 6.04 Å². The summed E-state index contributed by atoms with van der Waals surface area (Å²) in [5.41, 5.74) is 2.00. The Labute approximate surface area is 139 Å². The van der Waals surface area contributed by atoms with Crippen LogP contribution in [-0.4, -0.2) is 11.0 Å². The van der Waals surface area contributed by atoms with Crippen LogP contribution in [0.25, 0.3) is 0 Å². The molecule has 5 nitrogen and oxygen atoms in total. The Morgan fingerprint density at radius 1 is 1.17 bits per heavy atom. The molecule has 1 atom stereocenters. The number of benzene rings is 1. The summed E-state index contributed by atoms with van der Waals surface area (Å²) in [6.45, 7) is 3.69. The second-order valence-corrected chi connectivity index (χ2v) is 5.75. The minimum Gasteiger partial charge on any atom is -0.464 e. The molecule has 1 amide bonds. The Kier molecular flexibility index (Phi) is 4.16. The van der Waals surface area contributed by atoms with Gasteiger partial charge in [0.2, 0.25) is 0 Å². The molecule has 3 rings (SSSR count). The van der Waals surface area contributed by atoms with Gasteiger partial charge in [-0.1, -0.05) is 18.2 Å². The standard InChI is InChI=1S/C17H17N3O2S/c1-10-8-9-13(22-10)15-14(11(2)18-17(23)20-15)16(21)19-12-6-4-3-5-7-12/h3-9,15H,1-2H3,(H,19,21)(H2,18,20,23)/t15-/m0/s1. The van der Waals surface area contributed by atoms with Crippen molar-refractivity contribution in [3.05, 3.63) is 65.3 Å². The van der Waals surface area contributed by atoms with E-state index in [-0.39, 0.29) is 5.91 Å². The number of nitrogens with one attached hydrogen (secondary N) is 3. The molecule has 0 bridgehead atoms. The van der Waals surface area contributed by atoms with Crippen molar-refractivity contribution in [3.63, 3.8) is 0 Å². The zero-order valence-corrected chi connectivity index (χ0v) is 13.7. The number of allylic oxidation sites excluding steroid dienone is 1. The molecule has 0 saturated heterocycles. The van der Waals surface area contributed by atoms with Crippen LogP contribution < -0.4 is 16.0 Å². The average molecular weight is 327 g/mol. The largest absolute Gasteiger partial charge is 0.464 e. The highest BCUT2D eigenvalue weighted by Crippen LogP contribution is 2.28. The Balaban J connectivity index is 1.93. The minimum atomic E-state index is -0.416. The molecule has 118 valence electrons. The van der Waals surface area contributed by atoms with E-state index in [1.54, 1.807) is 0 Å². The number of thiocarbonyl (C=S) groups is 1. The van der Waals surface area contributed by atoms with Crippen LogP contribution in [0.5, 0.6) is 0 Å². The highest BCUT2D eigenvalue weighted by atomic mass is 32.1. The molecule has 1 aliphatic rings. The van der Waals surface area contributed by atoms with Gasteiger partial charge in [0.25, 0.3) is 5.91 Å². The average Bonchev–Trinajstić information content (AvgIpc) is 2.93. The summed E-state index contributed by atoms with van der Waals surface area (Å²) in [6, 6.07) is 12.6. The lowest BCUT2D eigenvalue weighted by atomic mass is 10.00. The summed E-state index contributed by atoms with van der Waals surface area (Å²) in [4.78, 5) is 12.7. The maximum absolute atomic E-state index is 12.7. The van der Waals surface area contributed by atoms with E-state index in [1.807, 2.05) is 56.3 Å². The number of carbonyl (C=O) groups is 1. The Morgan fingerprint density at radius 2 is 1.91 bits per heavy atom. The third-order valence-electron chi connectivity index (χ3n) is 3.59. The zero-order chi connectivity index (χ0) is 16.4. The van der Waals surface area contributed by atoms with Crippen molar-refractivity contribution in [2.24, 2.45) is 0 Å². The number of para-hydroxylation sites is 1. The summed E-state index contributed by atoms with van der Waals surface area (Å²) >= 11 is 5.21. The number of furan rings is 1. The summed E-state index contributed by atoms with van der Waals surface area (Å²) in [6.07, 6.45) is 0. The lowest BCUT2D eigenvalue weighted by Gasteiger charge is -2.28. The van der Waals surface area contributed by atoms with Gasteiger partial charge >= 0.3 is 0 Å². The van der Waals surface area contributed by atoms with Gasteiger partial charge in [-0.2, -0.15) is 0 Å². The Bertz CT molecular complexity index is 780. The third-order valence-corrected chi connectivity index (χ3v) is 3.81. The topological polar surface area (TPSA) is 66.3 Å². The first kappa shape index (κ1) is 15.3. The van der Waals surface area contributed by atoms with Gasteiger partial charge in [-0.15, -0.1) is 0 Å². The molecule has 0 spiro atoms. The maximum Gasteiger partial charge on any atom is 0.255 e. The number of hydrogen-bond donors (Lipinski definition) is 3. The number of anilines is 1. The van der Waals surface area contributed by atoms with E-state index in [9.17, 15) is 4.79 Å². The van der Waals surface area contributed by atoms with Gasteiger partial charge in [0.1, 0.15) is 17.6 Å². The van der Waals surface area contributed by atoms with E-state index in [0.717, 1.165) is 11.4 Å². The molecule has 6 heteroatoms. The molecular formula is C17H17N3O2S. The normalized spacial score (nSPS) is 17.5. The lowest BCUT2D eigenvalue weighted by molar-refractivity contribution is -0.113. The van der Waals surface area contributed by atoms with Crippen LogP contribution in [0.2, 0.25) is 0 Å². The molecule has 0 saturated carbocycles. The molecule has 0 fully saturated rings. The first-order valence-corrected chi connectivity index (χ1v) is 7.66. The monoisotopic (exact) mass is 327 g/mol. The molecule has 2 heterocycles. The first-order chi connectivity index (χ1) is 11.0. The van der Waals surface area contributed by atoms with Gasteiger partial charge in [0.15, 0.2) is 5.11 Å². The summed E-state index contributed by atoms with van der Waals surface area (Å²) in [5, 5.41) is 9.47. The second-order valence-electron chi connectivity index (χ2n) is 5.34. The molecule has 23 heavy (non-hydrogen) atoms.